The van der Waals surface area contributed by atoms with Crippen LogP contribution in [0.3, 0.4) is 0 Å². The Morgan fingerprint density at radius 2 is 1.79 bits per heavy atom. The quantitative estimate of drug-likeness (QED) is 0.808. The summed E-state index contributed by atoms with van der Waals surface area (Å²) in [4.78, 5) is 5.22. The van der Waals surface area contributed by atoms with Crippen LogP contribution in [-0.4, -0.2) is 68.9 Å². The molecule has 2 aliphatic heterocycles. The van der Waals surface area contributed by atoms with Gasteiger partial charge in [0, 0.05) is 17.4 Å². The number of rotatable bonds is 4. The Labute approximate surface area is 169 Å². The maximum absolute atomic E-state index is 4.88. The van der Waals surface area contributed by atoms with Gasteiger partial charge in [-0.15, -0.1) is 10.2 Å². The van der Waals surface area contributed by atoms with E-state index in [0.717, 1.165) is 49.1 Å². The molecule has 2 fully saturated rings. The highest BCUT2D eigenvalue weighted by Crippen LogP contribution is 2.28. The van der Waals surface area contributed by atoms with E-state index in [0.29, 0.717) is 5.92 Å². The van der Waals surface area contributed by atoms with E-state index in [2.05, 4.69) is 59.9 Å². The first-order valence-electron chi connectivity index (χ1n) is 11.1. The highest BCUT2D eigenvalue weighted by molar-refractivity contribution is 5.37. The van der Waals surface area contributed by atoms with Gasteiger partial charge in [-0.05, 0) is 77.5 Å². The van der Waals surface area contributed by atoms with E-state index < -0.39 is 0 Å². The van der Waals surface area contributed by atoms with Gasteiger partial charge >= 0.3 is 0 Å². The highest BCUT2D eigenvalue weighted by atomic mass is 15.4. The zero-order valence-corrected chi connectivity index (χ0v) is 18.1. The Bertz CT molecular complexity index is 784. The van der Waals surface area contributed by atoms with E-state index in [4.69, 9.17) is 5.10 Å². The van der Waals surface area contributed by atoms with Crippen LogP contribution in [0, 0.1) is 0 Å². The molecule has 0 spiro atoms. The summed E-state index contributed by atoms with van der Waals surface area (Å²) >= 11 is 0. The van der Waals surface area contributed by atoms with Crippen molar-refractivity contribution in [2.24, 2.45) is 0 Å². The molecule has 2 aromatic heterocycles. The van der Waals surface area contributed by atoms with Crippen molar-refractivity contribution in [1.82, 2.24) is 29.6 Å². The molecule has 4 heterocycles. The second-order valence-electron chi connectivity index (χ2n) is 9.83. The second kappa shape index (κ2) is 8.07. The molecule has 0 bridgehead atoms. The van der Waals surface area contributed by atoms with Crippen molar-refractivity contribution in [3.8, 4) is 0 Å². The Kier molecular flexibility index (Phi) is 5.70. The van der Waals surface area contributed by atoms with Crippen molar-refractivity contribution in [2.75, 3.05) is 33.2 Å². The summed E-state index contributed by atoms with van der Waals surface area (Å²) in [5.74, 6) is 1.51. The SMILES string of the molecule is CN1CCCCC1CCN1CCC(c2nnc3ccc(C(C)(C)C)nn23)CC1. The van der Waals surface area contributed by atoms with E-state index in [1.807, 2.05) is 4.52 Å². The lowest BCUT2D eigenvalue weighted by Crippen LogP contribution is -2.41. The molecule has 6 heteroatoms. The van der Waals surface area contributed by atoms with E-state index in [-0.39, 0.29) is 5.41 Å². The van der Waals surface area contributed by atoms with Crippen LogP contribution in [-0.2, 0) is 5.41 Å². The maximum Gasteiger partial charge on any atom is 0.177 e. The van der Waals surface area contributed by atoms with Gasteiger partial charge in [0.2, 0.25) is 0 Å². The average Bonchev–Trinajstić information content (AvgIpc) is 3.10. The lowest BCUT2D eigenvalue weighted by molar-refractivity contribution is 0.141. The summed E-state index contributed by atoms with van der Waals surface area (Å²) in [6, 6.07) is 4.92. The minimum atomic E-state index is 0.0331. The number of piperidine rings is 2. The minimum absolute atomic E-state index is 0.0331. The lowest BCUT2D eigenvalue weighted by atomic mass is 9.92. The third kappa shape index (κ3) is 4.23. The van der Waals surface area contributed by atoms with Gasteiger partial charge < -0.3 is 9.80 Å². The molecule has 154 valence electrons. The van der Waals surface area contributed by atoms with Gasteiger partial charge in [0.15, 0.2) is 11.5 Å². The third-order valence-electron chi connectivity index (χ3n) is 6.71. The number of hydrogen-bond acceptors (Lipinski definition) is 5. The van der Waals surface area contributed by atoms with Gasteiger partial charge in [-0.3, -0.25) is 0 Å². The molecule has 1 unspecified atom stereocenters. The summed E-state index contributed by atoms with van der Waals surface area (Å²) in [6.45, 7) is 11.4. The van der Waals surface area contributed by atoms with Crippen LogP contribution in [0.2, 0.25) is 0 Å². The van der Waals surface area contributed by atoms with Gasteiger partial charge in [0.25, 0.3) is 0 Å². The molecular formula is C22H36N6. The first kappa shape index (κ1) is 19.8. The van der Waals surface area contributed by atoms with Crippen molar-refractivity contribution in [3.63, 3.8) is 0 Å². The third-order valence-corrected chi connectivity index (χ3v) is 6.71. The molecule has 2 saturated heterocycles. The minimum Gasteiger partial charge on any atom is -0.303 e. The summed E-state index contributed by atoms with van der Waals surface area (Å²) < 4.78 is 2.00. The largest absolute Gasteiger partial charge is 0.303 e. The smallest absolute Gasteiger partial charge is 0.177 e. The van der Waals surface area contributed by atoms with Crippen molar-refractivity contribution in [3.05, 3.63) is 23.7 Å². The van der Waals surface area contributed by atoms with Crippen LogP contribution in [0.15, 0.2) is 12.1 Å². The molecular weight excluding hydrogens is 348 g/mol. The normalized spacial score (nSPS) is 23.5. The number of likely N-dealkylation sites (tertiary alicyclic amines) is 2. The number of nitrogens with zero attached hydrogens (tertiary/aromatic N) is 6. The van der Waals surface area contributed by atoms with Crippen LogP contribution in [0.25, 0.3) is 5.65 Å². The van der Waals surface area contributed by atoms with Crippen LogP contribution in [0.4, 0.5) is 0 Å². The van der Waals surface area contributed by atoms with E-state index in [9.17, 15) is 0 Å². The molecule has 28 heavy (non-hydrogen) atoms. The van der Waals surface area contributed by atoms with Crippen LogP contribution < -0.4 is 0 Å². The fraction of sp³-hybridized carbons (Fsp3) is 0.773. The fourth-order valence-corrected chi connectivity index (χ4v) is 4.72. The summed E-state index contributed by atoms with van der Waals surface area (Å²) in [6.07, 6.45) is 7.77. The van der Waals surface area contributed by atoms with Crippen LogP contribution in [0.5, 0.6) is 0 Å². The van der Waals surface area contributed by atoms with Crippen molar-refractivity contribution < 1.29 is 0 Å². The van der Waals surface area contributed by atoms with Gasteiger partial charge in [-0.2, -0.15) is 9.61 Å². The second-order valence-corrected chi connectivity index (χ2v) is 9.83. The average molecular weight is 385 g/mol. The van der Waals surface area contributed by atoms with Gasteiger partial charge in [0.1, 0.15) is 0 Å². The van der Waals surface area contributed by atoms with Gasteiger partial charge in [0.05, 0.1) is 5.69 Å². The Balaban J connectivity index is 1.37. The molecule has 1 atom stereocenters. The molecule has 0 N–H and O–H groups in total. The molecule has 0 saturated carbocycles. The lowest BCUT2D eigenvalue weighted by Gasteiger charge is -2.36. The summed E-state index contributed by atoms with van der Waals surface area (Å²) in [5, 5.41) is 13.8. The number of hydrogen-bond donors (Lipinski definition) is 0. The number of aromatic nitrogens is 4. The Morgan fingerprint density at radius 1 is 1.00 bits per heavy atom. The van der Waals surface area contributed by atoms with E-state index >= 15 is 0 Å². The van der Waals surface area contributed by atoms with Gasteiger partial charge in [-0.25, -0.2) is 0 Å². The fourth-order valence-electron chi connectivity index (χ4n) is 4.72. The standard InChI is InChI=1S/C22H36N6/c1-22(2,3)19-8-9-20-23-24-21(28(20)25-19)17-10-14-27(15-11-17)16-12-18-7-5-6-13-26(18)4/h8-9,17-18H,5-7,10-16H2,1-4H3. The van der Waals surface area contributed by atoms with Crippen LogP contribution >= 0.6 is 0 Å². The monoisotopic (exact) mass is 384 g/mol. The molecule has 0 aromatic carbocycles. The molecule has 0 radical (unpaired) electrons. The molecule has 2 aliphatic rings. The Hall–Kier alpha value is -1.53. The molecule has 0 aliphatic carbocycles. The Morgan fingerprint density at radius 3 is 2.50 bits per heavy atom. The van der Waals surface area contributed by atoms with Crippen molar-refractivity contribution >= 4 is 5.65 Å². The van der Waals surface area contributed by atoms with Crippen LogP contribution in [0.1, 0.15) is 76.7 Å². The topological polar surface area (TPSA) is 49.6 Å². The number of fused-ring (bicyclic) bond motifs is 1. The van der Waals surface area contributed by atoms with Gasteiger partial charge in [-0.1, -0.05) is 27.2 Å². The highest BCUT2D eigenvalue weighted by Gasteiger charge is 2.27. The van der Waals surface area contributed by atoms with Crippen molar-refractivity contribution in [1.29, 1.82) is 0 Å². The molecule has 4 rings (SSSR count). The zero-order valence-electron chi connectivity index (χ0n) is 18.1. The molecule has 2 aromatic rings. The molecule has 6 nitrogen and oxygen atoms in total. The first-order chi connectivity index (χ1) is 13.4. The summed E-state index contributed by atoms with van der Waals surface area (Å²) in [7, 11) is 2.30. The first-order valence-corrected chi connectivity index (χ1v) is 11.1. The zero-order chi connectivity index (χ0) is 19.7. The van der Waals surface area contributed by atoms with E-state index in [1.165, 1.54) is 38.8 Å². The van der Waals surface area contributed by atoms with Crippen molar-refractivity contribution in [2.45, 2.75) is 76.7 Å². The predicted octanol–water partition coefficient (Wildman–Crippen LogP) is 3.48. The summed E-state index contributed by atoms with van der Waals surface area (Å²) in [5.41, 5.74) is 1.99. The molecule has 0 amide bonds. The maximum atomic E-state index is 4.88. The predicted molar refractivity (Wildman–Crippen MR) is 113 cm³/mol. The van der Waals surface area contributed by atoms with E-state index in [1.54, 1.807) is 0 Å².